The molecular weight excluding hydrogens is 542 g/mol. The van der Waals surface area contributed by atoms with Crippen molar-refractivity contribution < 1.29 is 18.9 Å². The summed E-state index contributed by atoms with van der Waals surface area (Å²) in [6.07, 6.45) is 2.14. The molecule has 0 saturated heterocycles. The van der Waals surface area contributed by atoms with E-state index in [1.165, 1.54) is 0 Å². The predicted octanol–water partition coefficient (Wildman–Crippen LogP) is 6.38. The van der Waals surface area contributed by atoms with Crippen molar-refractivity contribution in [3.8, 4) is 0 Å². The molecule has 0 unspecified atom stereocenters. The van der Waals surface area contributed by atoms with Crippen molar-refractivity contribution in [1.29, 1.82) is 0 Å². The van der Waals surface area contributed by atoms with E-state index in [1.54, 1.807) is 0 Å². The normalized spacial score (nSPS) is 25.1. The molecule has 43 heavy (non-hydrogen) atoms. The maximum absolute atomic E-state index is 5.85. The average molecular weight is 596 g/mol. The molecule has 0 N–H and O–H groups in total. The average Bonchev–Trinajstić information content (AvgIpc) is 3.75. The number of aromatic nitrogens is 1. The molecule has 0 spiro atoms. The van der Waals surface area contributed by atoms with Crippen LogP contribution in [-0.2, 0) is 18.9 Å². The quantitative estimate of drug-likeness (QED) is 0.312. The lowest BCUT2D eigenvalue weighted by atomic mass is 9.92. The van der Waals surface area contributed by atoms with E-state index in [9.17, 15) is 0 Å². The molecule has 1 aromatic heterocycles. The third-order valence-electron chi connectivity index (χ3n) is 8.06. The Morgan fingerprint density at radius 1 is 0.628 bits per heavy atom. The number of ether oxygens (including phenoxy) is 4. The monoisotopic (exact) mass is 595 g/mol. The van der Waals surface area contributed by atoms with Crippen molar-refractivity contribution in [3.63, 3.8) is 0 Å². The van der Waals surface area contributed by atoms with Crippen LogP contribution in [0.2, 0.25) is 0 Å². The van der Waals surface area contributed by atoms with Gasteiger partial charge < -0.3 is 18.9 Å². The summed E-state index contributed by atoms with van der Waals surface area (Å²) in [5.41, 5.74) is 1.15. The van der Waals surface area contributed by atoms with Gasteiger partial charge in [-0.15, -0.1) is 0 Å². The van der Waals surface area contributed by atoms with Crippen LogP contribution in [0.4, 0.5) is 0 Å². The molecule has 5 heterocycles. The number of nitrogens with zero attached hydrogens (tertiary/aromatic N) is 5. The van der Waals surface area contributed by atoms with E-state index in [0.717, 1.165) is 36.0 Å². The Morgan fingerprint density at radius 2 is 1.05 bits per heavy atom. The van der Waals surface area contributed by atoms with Gasteiger partial charge in [0.15, 0.2) is 11.8 Å². The van der Waals surface area contributed by atoms with E-state index < -0.39 is 0 Å². The smallest absolute Gasteiger partial charge is 0.235 e. The lowest BCUT2D eigenvalue weighted by Crippen LogP contribution is -2.34. The van der Waals surface area contributed by atoms with Crippen molar-refractivity contribution in [2.45, 2.75) is 106 Å². The fraction of sp³-hybridized carbons (Fsp3) is 0.735. The van der Waals surface area contributed by atoms with Crippen LogP contribution in [0.5, 0.6) is 0 Å². The Morgan fingerprint density at radius 3 is 1.40 bits per heavy atom. The molecule has 0 aliphatic carbocycles. The van der Waals surface area contributed by atoms with Gasteiger partial charge in [-0.25, -0.2) is 25.0 Å². The lowest BCUT2D eigenvalue weighted by Gasteiger charge is -2.22. The minimum absolute atomic E-state index is 0.214. The standard InChI is InChI=1S/C17H23N3O2.C17H30N2O2/c1-10(2)14-8-21-16(19-14)12-6-5-7-13(18-12)17-20-15(9-22-17)11(3)4;1-11(2)7-13-9-20-15(18-13)17(5,6)16-19-14(10-21-16)8-12(3)4/h5-7,10-11,14-15H,8-9H2,1-4H3;11-14H,7-10H2,1-6H3/t14-,15-;13-,14-/m10/s1. The van der Waals surface area contributed by atoms with Crippen LogP contribution in [0, 0.1) is 29.1 Å². The molecule has 238 valence electrons. The Balaban J connectivity index is 0.000000197. The van der Waals surface area contributed by atoms with Gasteiger partial charge in [-0.05, 0) is 62.5 Å². The van der Waals surface area contributed by atoms with E-state index in [0.29, 0.717) is 61.9 Å². The molecule has 4 aliphatic rings. The summed E-state index contributed by atoms with van der Waals surface area (Å²) in [6.45, 7) is 24.3. The van der Waals surface area contributed by atoms with E-state index >= 15 is 0 Å². The maximum atomic E-state index is 5.85. The number of hydrogen-bond acceptors (Lipinski definition) is 9. The molecule has 0 saturated carbocycles. The van der Waals surface area contributed by atoms with Crippen molar-refractivity contribution >= 4 is 23.6 Å². The number of hydrogen-bond donors (Lipinski definition) is 0. The van der Waals surface area contributed by atoms with Gasteiger partial charge in [-0.2, -0.15) is 0 Å². The Kier molecular flexibility index (Phi) is 10.9. The molecule has 5 rings (SSSR count). The Labute approximate surface area is 258 Å². The topological polar surface area (TPSA) is 99.2 Å². The van der Waals surface area contributed by atoms with Gasteiger partial charge in [0.05, 0.1) is 24.2 Å². The molecule has 0 amide bonds. The van der Waals surface area contributed by atoms with Crippen LogP contribution >= 0.6 is 0 Å². The number of aliphatic imine (C=N–C) groups is 4. The highest BCUT2D eigenvalue weighted by Gasteiger charge is 2.41. The van der Waals surface area contributed by atoms with Crippen molar-refractivity contribution in [2.24, 2.45) is 49.1 Å². The van der Waals surface area contributed by atoms with Crippen LogP contribution in [0.1, 0.15) is 93.5 Å². The second-order valence-electron chi connectivity index (χ2n) is 14.2. The van der Waals surface area contributed by atoms with Crippen LogP contribution in [0.25, 0.3) is 0 Å². The highest BCUT2D eigenvalue weighted by molar-refractivity contribution is 6.05. The summed E-state index contributed by atoms with van der Waals surface area (Å²) in [5, 5.41) is 0. The van der Waals surface area contributed by atoms with Gasteiger partial charge >= 0.3 is 0 Å². The third kappa shape index (κ3) is 8.57. The van der Waals surface area contributed by atoms with Crippen molar-refractivity contribution in [1.82, 2.24) is 4.98 Å². The first-order valence-corrected chi connectivity index (χ1v) is 16.1. The summed E-state index contributed by atoms with van der Waals surface area (Å²) in [6, 6.07) is 6.78. The molecule has 4 atom stereocenters. The highest BCUT2D eigenvalue weighted by atomic mass is 16.5. The summed E-state index contributed by atoms with van der Waals surface area (Å²) in [5.74, 6) is 5.04. The molecule has 1 aromatic rings. The SMILES string of the molecule is CC(C)C[C@H]1COC(C(C)(C)C2=N[C@@H](CC(C)C)CO2)=N1.CC(C)[C@H]1COC(c2cccc(C3=N[C@@H](C(C)C)CO3)n2)=N1. The Hall–Kier alpha value is -2.97. The van der Waals surface area contributed by atoms with Crippen molar-refractivity contribution in [2.75, 3.05) is 26.4 Å². The fourth-order valence-corrected chi connectivity index (χ4v) is 5.35. The van der Waals surface area contributed by atoms with Crippen LogP contribution < -0.4 is 0 Å². The molecule has 0 radical (unpaired) electrons. The van der Waals surface area contributed by atoms with Crippen LogP contribution in [0.3, 0.4) is 0 Å². The summed E-state index contributed by atoms with van der Waals surface area (Å²) < 4.78 is 23.1. The molecule has 0 bridgehead atoms. The van der Waals surface area contributed by atoms with Gasteiger partial charge in [-0.1, -0.05) is 61.5 Å². The van der Waals surface area contributed by atoms with Crippen LogP contribution in [0.15, 0.2) is 38.2 Å². The molecule has 4 aliphatic heterocycles. The van der Waals surface area contributed by atoms with Gasteiger partial charge in [0.25, 0.3) is 0 Å². The highest BCUT2D eigenvalue weighted by Crippen LogP contribution is 2.31. The van der Waals surface area contributed by atoms with Crippen LogP contribution in [-0.4, -0.2) is 79.2 Å². The lowest BCUT2D eigenvalue weighted by molar-refractivity contribution is 0.255. The predicted molar refractivity (Wildman–Crippen MR) is 174 cm³/mol. The zero-order chi connectivity index (χ0) is 31.3. The first kappa shape index (κ1) is 32.9. The minimum atomic E-state index is -0.350. The zero-order valence-corrected chi connectivity index (χ0v) is 28.0. The van der Waals surface area contributed by atoms with Gasteiger partial charge in [0.2, 0.25) is 11.8 Å². The molecule has 0 aromatic carbocycles. The first-order chi connectivity index (χ1) is 20.3. The van der Waals surface area contributed by atoms with Gasteiger partial charge in [0.1, 0.15) is 43.2 Å². The molecule has 9 nitrogen and oxygen atoms in total. The van der Waals surface area contributed by atoms with E-state index in [-0.39, 0.29) is 29.6 Å². The molecule has 9 heteroatoms. The largest absolute Gasteiger partial charge is 0.478 e. The minimum Gasteiger partial charge on any atom is -0.478 e. The van der Waals surface area contributed by atoms with Gasteiger partial charge in [-0.3, -0.25) is 0 Å². The summed E-state index contributed by atoms with van der Waals surface area (Å²) in [4.78, 5) is 23.4. The van der Waals surface area contributed by atoms with E-state index in [1.807, 2.05) is 18.2 Å². The van der Waals surface area contributed by atoms with Gasteiger partial charge in [0, 0.05) is 0 Å². The summed E-state index contributed by atoms with van der Waals surface area (Å²) in [7, 11) is 0. The fourth-order valence-electron chi connectivity index (χ4n) is 5.35. The van der Waals surface area contributed by atoms with Crippen molar-refractivity contribution in [3.05, 3.63) is 29.6 Å². The second kappa shape index (κ2) is 14.2. The maximum Gasteiger partial charge on any atom is 0.235 e. The second-order valence-corrected chi connectivity index (χ2v) is 14.2. The third-order valence-corrected chi connectivity index (χ3v) is 8.06. The Bertz CT molecular complexity index is 1130. The number of pyridine rings is 1. The summed E-state index contributed by atoms with van der Waals surface area (Å²) >= 11 is 0. The van der Waals surface area contributed by atoms with E-state index in [2.05, 4.69) is 84.2 Å². The number of rotatable bonds is 10. The first-order valence-electron chi connectivity index (χ1n) is 16.1. The molecule has 0 fully saturated rings. The molecular formula is C34H53N5O4. The van der Waals surface area contributed by atoms with E-state index in [4.69, 9.17) is 28.9 Å². The zero-order valence-electron chi connectivity index (χ0n) is 28.0.